The maximum absolute atomic E-state index is 13.0. The van der Waals surface area contributed by atoms with Crippen molar-refractivity contribution in [2.45, 2.75) is 39.8 Å². The molecule has 0 spiro atoms. The molecule has 2 aromatic carbocycles. The van der Waals surface area contributed by atoms with Crippen molar-refractivity contribution >= 4 is 45.9 Å². The fourth-order valence-corrected chi connectivity index (χ4v) is 5.39. The molecule has 3 aromatic rings. The van der Waals surface area contributed by atoms with Gasteiger partial charge in [0.25, 0.3) is 5.56 Å². The number of aromatic nitrogens is 1. The number of hydrogen-bond donors (Lipinski definition) is 0. The number of hydrogen-bond acceptors (Lipinski definition) is 6. The minimum atomic E-state index is -0.738. The Morgan fingerprint density at radius 2 is 1.76 bits per heavy atom. The number of rotatable bonds is 11. The van der Waals surface area contributed by atoms with Crippen molar-refractivity contribution in [3.05, 3.63) is 68.9 Å². The lowest BCUT2D eigenvalue weighted by Gasteiger charge is -2.36. The zero-order chi connectivity index (χ0) is 29.5. The van der Waals surface area contributed by atoms with Gasteiger partial charge in [0.1, 0.15) is 5.75 Å². The zero-order valence-corrected chi connectivity index (χ0v) is 25.8. The molecule has 8 nitrogen and oxygen atoms in total. The summed E-state index contributed by atoms with van der Waals surface area (Å²) in [5.41, 5.74) is 1.45. The van der Waals surface area contributed by atoms with Crippen LogP contribution in [0.1, 0.15) is 39.8 Å². The molecule has 1 aromatic heterocycles. The molecular weight excluding hydrogens is 563 g/mol. The highest BCUT2D eigenvalue weighted by molar-refractivity contribution is 6.43. The first-order valence-electron chi connectivity index (χ1n) is 14.3. The topological polar surface area (TPSA) is 67.2 Å². The van der Waals surface area contributed by atoms with Crippen molar-refractivity contribution in [3.63, 3.8) is 0 Å². The summed E-state index contributed by atoms with van der Waals surface area (Å²) in [7, 11) is 1.68. The van der Waals surface area contributed by atoms with Gasteiger partial charge in [-0.15, -0.1) is 0 Å². The second kappa shape index (κ2) is 14.3. The van der Waals surface area contributed by atoms with Crippen LogP contribution in [0.3, 0.4) is 0 Å². The molecule has 1 atom stereocenters. The van der Waals surface area contributed by atoms with E-state index >= 15 is 0 Å². The summed E-state index contributed by atoms with van der Waals surface area (Å²) in [6.45, 7) is 11.6. The molecule has 1 aliphatic rings. The Morgan fingerprint density at radius 1 is 1.02 bits per heavy atom. The first-order chi connectivity index (χ1) is 19.7. The van der Waals surface area contributed by atoms with Gasteiger partial charge in [0.05, 0.1) is 27.9 Å². The Kier molecular flexibility index (Phi) is 10.8. The Hall–Kier alpha value is -2.94. The Labute approximate surface area is 252 Å². The molecular formula is C31H40Cl2N4O4. The molecule has 41 heavy (non-hydrogen) atoms. The average molecular weight is 604 g/mol. The third kappa shape index (κ3) is 7.67. The largest absolute Gasteiger partial charge is 0.494 e. The number of anilines is 1. The number of fused-ring (bicyclic) bond motifs is 1. The third-order valence-corrected chi connectivity index (χ3v) is 8.33. The van der Waals surface area contributed by atoms with E-state index in [-0.39, 0.29) is 11.5 Å². The van der Waals surface area contributed by atoms with E-state index in [0.717, 1.165) is 56.6 Å². The van der Waals surface area contributed by atoms with Crippen molar-refractivity contribution in [1.29, 1.82) is 0 Å². The van der Waals surface area contributed by atoms with Crippen LogP contribution in [-0.4, -0.2) is 73.4 Å². The van der Waals surface area contributed by atoms with Gasteiger partial charge in [-0.1, -0.05) is 43.1 Å². The predicted molar refractivity (Wildman–Crippen MR) is 167 cm³/mol. The van der Waals surface area contributed by atoms with Crippen molar-refractivity contribution < 1.29 is 14.3 Å². The molecule has 1 unspecified atom stereocenters. The van der Waals surface area contributed by atoms with E-state index in [0.29, 0.717) is 34.5 Å². The van der Waals surface area contributed by atoms with Crippen molar-refractivity contribution in [2.24, 2.45) is 5.92 Å². The van der Waals surface area contributed by atoms with Gasteiger partial charge in [-0.05, 0) is 62.0 Å². The molecule has 0 saturated carbocycles. The number of piperazine rings is 1. The predicted octanol–water partition coefficient (Wildman–Crippen LogP) is 6.53. The summed E-state index contributed by atoms with van der Waals surface area (Å²) in [5, 5.41) is 2.08. The van der Waals surface area contributed by atoms with Gasteiger partial charge in [-0.25, -0.2) is 4.79 Å². The highest BCUT2D eigenvalue weighted by atomic mass is 35.5. The highest BCUT2D eigenvalue weighted by Gasteiger charge is 2.25. The SMILES string of the molecule is CCN(C)C(=O)OC(C(C)C)n1c(=O)ccc2ccc(OCCCCN3CCN(c4cccc(Cl)c4Cl)CC3)cc21. The van der Waals surface area contributed by atoms with E-state index in [1.807, 2.05) is 57.2 Å². The Balaban J connectivity index is 1.32. The first-order valence-corrected chi connectivity index (χ1v) is 15.1. The zero-order valence-electron chi connectivity index (χ0n) is 24.3. The normalized spacial score (nSPS) is 14.9. The summed E-state index contributed by atoms with van der Waals surface area (Å²) >= 11 is 12.6. The first kappa shape index (κ1) is 31.0. The van der Waals surface area contributed by atoms with Gasteiger partial charge in [0.2, 0.25) is 0 Å². The van der Waals surface area contributed by atoms with Gasteiger partial charge < -0.3 is 19.3 Å². The van der Waals surface area contributed by atoms with Crippen molar-refractivity contribution in [3.8, 4) is 5.75 Å². The molecule has 0 bridgehead atoms. The average Bonchev–Trinajstić information content (AvgIpc) is 2.97. The molecule has 4 rings (SSSR count). The van der Waals surface area contributed by atoms with E-state index in [1.54, 1.807) is 17.7 Å². The van der Waals surface area contributed by atoms with E-state index < -0.39 is 12.3 Å². The van der Waals surface area contributed by atoms with Crippen LogP contribution in [0.15, 0.2) is 53.3 Å². The van der Waals surface area contributed by atoms with Gasteiger partial charge in [0.15, 0.2) is 6.23 Å². The molecule has 0 aliphatic carbocycles. The molecule has 2 heterocycles. The van der Waals surface area contributed by atoms with Crippen LogP contribution in [0.4, 0.5) is 10.5 Å². The van der Waals surface area contributed by atoms with E-state index in [1.165, 1.54) is 11.0 Å². The quantitative estimate of drug-likeness (QED) is 0.232. The van der Waals surface area contributed by atoms with E-state index in [2.05, 4.69) is 9.80 Å². The number of halogens is 2. The number of pyridine rings is 1. The smallest absolute Gasteiger partial charge is 0.411 e. The fourth-order valence-electron chi connectivity index (χ4n) is 4.97. The van der Waals surface area contributed by atoms with Crippen LogP contribution in [0, 0.1) is 5.92 Å². The van der Waals surface area contributed by atoms with Crippen molar-refractivity contribution in [2.75, 3.05) is 57.8 Å². The van der Waals surface area contributed by atoms with Gasteiger partial charge in [-0.2, -0.15) is 0 Å². The maximum atomic E-state index is 13.0. The number of carbonyl (C=O) groups is 1. The Morgan fingerprint density at radius 3 is 2.46 bits per heavy atom. The maximum Gasteiger partial charge on any atom is 0.411 e. The second-order valence-corrected chi connectivity index (χ2v) is 11.5. The number of benzene rings is 2. The number of nitrogens with zero attached hydrogens (tertiary/aromatic N) is 4. The summed E-state index contributed by atoms with van der Waals surface area (Å²) < 4.78 is 13.4. The van der Waals surface area contributed by atoms with Crippen LogP contribution in [0.25, 0.3) is 10.9 Å². The van der Waals surface area contributed by atoms with E-state index in [4.69, 9.17) is 32.7 Å². The lowest BCUT2D eigenvalue weighted by Crippen LogP contribution is -2.46. The lowest BCUT2D eigenvalue weighted by atomic mass is 10.1. The molecule has 0 N–H and O–H groups in total. The number of unbranched alkanes of at least 4 members (excludes halogenated alkanes) is 1. The fraction of sp³-hybridized carbons (Fsp3) is 0.484. The number of carbonyl (C=O) groups excluding carboxylic acids is 1. The molecule has 1 saturated heterocycles. The van der Waals surface area contributed by atoms with Crippen LogP contribution in [-0.2, 0) is 4.74 Å². The molecule has 222 valence electrons. The minimum absolute atomic E-state index is 0.110. The van der Waals surface area contributed by atoms with Crippen LogP contribution in [0.5, 0.6) is 5.75 Å². The standard InChI is InChI=1S/C31H40Cl2N4O4/c1-5-34(4)31(39)41-30(22(2)3)37-27-21-24(13-11-23(27)12-14-28(37)38)40-20-7-6-15-35-16-18-36(19-17-35)26-10-8-9-25(32)29(26)33/h8-14,21-22,30H,5-7,15-20H2,1-4H3. The van der Waals surface area contributed by atoms with E-state index in [9.17, 15) is 9.59 Å². The summed E-state index contributed by atoms with van der Waals surface area (Å²) in [6.07, 6.45) is 0.734. The highest BCUT2D eigenvalue weighted by Crippen LogP contribution is 2.33. The molecule has 1 amide bonds. The summed E-state index contributed by atoms with van der Waals surface area (Å²) in [4.78, 5) is 31.8. The molecule has 10 heteroatoms. The van der Waals surface area contributed by atoms with Gasteiger partial charge in [-0.3, -0.25) is 14.3 Å². The van der Waals surface area contributed by atoms with Crippen molar-refractivity contribution in [1.82, 2.24) is 14.4 Å². The molecule has 1 fully saturated rings. The molecule has 0 radical (unpaired) electrons. The third-order valence-electron chi connectivity index (χ3n) is 7.52. The number of ether oxygens (including phenoxy) is 2. The van der Waals surface area contributed by atoms with Gasteiger partial charge >= 0.3 is 6.09 Å². The van der Waals surface area contributed by atoms with Gasteiger partial charge in [0, 0.05) is 57.8 Å². The second-order valence-electron chi connectivity index (χ2n) is 10.8. The molecule has 1 aliphatic heterocycles. The minimum Gasteiger partial charge on any atom is -0.494 e. The van der Waals surface area contributed by atoms with Crippen LogP contribution in [0.2, 0.25) is 10.0 Å². The Bertz CT molecular complexity index is 1390. The number of amides is 1. The summed E-state index contributed by atoms with van der Waals surface area (Å²) in [6, 6.07) is 14.8. The monoisotopic (exact) mass is 602 g/mol. The van der Waals surface area contributed by atoms with Crippen LogP contribution >= 0.6 is 23.2 Å². The lowest BCUT2D eigenvalue weighted by molar-refractivity contribution is 0.00705. The van der Waals surface area contributed by atoms with Crippen LogP contribution < -0.4 is 15.2 Å². The summed E-state index contributed by atoms with van der Waals surface area (Å²) in [5.74, 6) is 0.574.